The molecule has 0 atom stereocenters. The largest absolute Gasteiger partial charge is 0.325 e. The van der Waals surface area contributed by atoms with Gasteiger partial charge in [-0.15, -0.1) is 23.1 Å². The number of hydrogen-bond acceptors (Lipinski definition) is 5. The van der Waals surface area contributed by atoms with E-state index in [4.69, 9.17) is 5.73 Å². The number of carbonyl (C=O) groups is 1. The molecule has 0 saturated carbocycles. The number of aromatic nitrogens is 1. The van der Waals surface area contributed by atoms with E-state index in [0.717, 1.165) is 15.6 Å². The van der Waals surface area contributed by atoms with Crippen LogP contribution < -0.4 is 11.1 Å². The van der Waals surface area contributed by atoms with E-state index in [9.17, 15) is 4.79 Å². The number of thiazole rings is 1. The second kappa shape index (κ2) is 6.88. The minimum Gasteiger partial charge on any atom is -0.325 e. The van der Waals surface area contributed by atoms with Crippen LogP contribution in [0.2, 0.25) is 0 Å². The molecule has 0 aliphatic carbocycles. The molecule has 0 fully saturated rings. The van der Waals surface area contributed by atoms with E-state index in [0.29, 0.717) is 17.5 Å². The minimum absolute atomic E-state index is 0.197. The zero-order valence-corrected chi connectivity index (χ0v) is 13.1. The third kappa shape index (κ3) is 3.82. The number of nitrogens with zero attached hydrogens (tertiary/aromatic N) is 1. The van der Waals surface area contributed by atoms with Crippen molar-refractivity contribution in [3.05, 3.63) is 40.3 Å². The van der Waals surface area contributed by atoms with Gasteiger partial charge in [0.25, 0.3) is 5.91 Å². The molecule has 0 aliphatic rings. The smallest absolute Gasteiger partial charge is 0.275 e. The Morgan fingerprint density at radius 2 is 2.20 bits per heavy atom. The van der Waals surface area contributed by atoms with E-state index in [-0.39, 0.29) is 5.91 Å². The minimum atomic E-state index is -0.197. The molecule has 0 spiro atoms. The lowest BCUT2D eigenvalue weighted by molar-refractivity contribution is 0.102. The van der Waals surface area contributed by atoms with Crippen molar-refractivity contribution in [1.29, 1.82) is 0 Å². The van der Waals surface area contributed by atoms with E-state index in [1.807, 2.05) is 24.3 Å². The zero-order valence-electron chi connectivity index (χ0n) is 11.4. The van der Waals surface area contributed by atoms with Gasteiger partial charge in [0.1, 0.15) is 10.7 Å². The summed E-state index contributed by atoms with van der Waals surface area (Å²) in [4.78, 5) is 17.4. The zero-order chi connectivity index (χ0) is 14.5. The van der Waals surface area contributed by atoms with E-state index >= 15 is 0 Å². The van der Waals surface area contributed by atoms with Crippen LogP contribution in [0.25, 0.3) is 0 Å². The number of nitrogens with two attached hydrogens (primary N) is 1. The molecule has 1 amide bonds. The van der Waals surface area contributed by atoms with Crippen LogP contribution >= 0.6 is 23.1 Å². The maximum atomic E-state index is 12.2. The highest BCUT2D eigenvalue weighted by atomic mass is 32.2. The second-order valence-electron chi connectivity index (χ2n) is 4.45. The molecule has 2 aromatic rings. The van der Waals surface area contributed by atoms with Crippen molar-refractivity contribution in [3.63, 3.8) is 0 Å². The maximum Gasteiger partial charge on any atom is 0.275 e. The van der Waals surface area contributed by atoms with Crippen LogP contribution in [0.4, 0.5) is 5.69 Å². The average molecular weight is 307 g/mol. The lowest BCUT2D eigenvalue weighted by atomic mass is 10.3. The fraction of sp³-hybridized carbons (Fsp3) is 0.286. The first-order valence-corrected chi connectivity index (χ1v) is 8.07. The summed E-state index contributed by atoms with van der Waals surface area (Å²) in [6, 6.07) is 7.79. The molecular weight excluding hydrogens is 290 g/mol. The number of nitrogens with one attached hydrogen (secondary N) is 1. The van der Waals surface area contributed by atoms with Crippen molar-refractivity contribution < 1.29 is 4.79 Å². The number of rotatable bonds is 5. The van der Waals surface area contributed by atoms with Gasteiger partial charge in [-0.2, -0.15) is 0 Å². The molecule has 0 radical (unpaired) electrons. The number of carbonyl (C=O) groups excluding carboxylic acids is 1. The Morgan fingerprint density at radius 3 is 2.85 bits per heavy atom. The second-order valence-corrected chi connectivity index (χ2v) is 7.01. The summed E-state index contributed by atoms with van der Waals surface area (Å²) in [5, 5.41) is 5.86. The van der Waals surface area contributed by atoms with E-state index in [1.54, 1.807) is 17.1 Å². The molecule has 4 nitrogen and oxygen atoms in total. The monoisotopic (exact) mass is 307 g/mol. The number of benzene rings is 1. The lowest BCUT2D eigenvalue weighted by Gasteiger charge is -2.11. The molecule has 2 rings (SSSR count). The third-order valence-electron chi connectivity index (χ3n) is 2.46. The molecule has 6 heteroatoms. The summed E-state index contributed by atoms with van der Waals surface area (Å²) in [6.45, 7) is 4.60. The molecule has 106 valence electrons. The summed E-state index contributed by atoms with van der Waals surface area (Å²) in [5.41, 5.74) is 6.74. The van der Waals surface area contributed by atoms with Gasteiger partial charge in [-0.3, -0.25) is 4.79 Å². The molecule has 1 aromatic heterocycles. The molecule has 0 aliphatic heterocycles. The number of amides is 1. The lowest BCUT2D eigenvalue weighted by Crippen LogP contribution is -2.13. The summed E-state index contributed by atoms with van der Waals surface area (Å²) in [6.07, 6.45) is 0. The van der Waals surface area contributed by atoms with Gasteiger partial charge in [0.05, 0.1) is 5.69 Å². The summed E-state index contributed by atoms with van der Waals surface area (Å²) in [5.74, 6) is -0.197. The van der Waals surface area contributed by atoms with Crippen molar-refractivity contribution >= 4 is 34.7 Å². The van der Waals surface area contributed by atoms with Crippen LogP contribution in [0.15, 0.2) is 34.5 Å². The van der Waals surface area contributed by atoms with E-state index in [1.165, 1.54) is 11.3 Å². The molecule has 1 aromatic carbocycles. The van der Waals surface area contributed by atoms with E-state index in [2.05, 4.69) is 24.1 Å². The van der Waals surface area contributed by atoms with E-state index < -0.39 is 0 Å². The first-order chi connectivity index (χ1) is 9.60. The van der Waals surface area contributed by atoms with Gasteiger partial charge < -0.3 is 11.1 Å². The van der Waals surface area contributed by atoms with Gasteiger partial charge in [-0.05, 0) is 12.1 Å². The van der Waals surface area contributed by atoms with Gasteiger partial charge in [-0.1, -0.05) is 26.0 Å². The van der Waals surface area contributed by atoms with Crippen molar-refractivity contribution in [3.8, 4) is 0 Å². The van der Waals surface area contributed by atoms with Crippen molar-refractivity contribution in [2.75, 3.05) is 5.32 Å². The summed E-state index contributed by atoms with van der Waals surface area (Å²) >= 11 is 3.12. The Hall–Kier alpha value is -1.37. The Labute approximate surface area is 126 Å². The van der Waals surface area contributed by atoms with Crippen molar-refractivity contribution in [2.45, 2.75) is 30.5 Å². The molecule has 3 N–H and O–H groups in total. The first kappa shape index (κ1) is 15.0. The quantitative estimate of drug-likeness (QED) is 0.831. The molecule has 20 heavy (non-hydrogen) atoms. The summed E-state index contributed by atoms with van der Waals surface area (Å²) in [7, 11) is 0. The fourth-order valence-corrected chi connectivity index (χ4v) is 3.19. The van der Waals surface area contributed by atoms with Crippen LogP contribution in [0.5, 0.6) is 0 Å². The molecular formula is C14H17N3OS2. The van der Waals surface area contributed by atoms with Gasteiger partial charge in [0.15, 0.2) is 0 Å². The molecule has 0 saturated heterocycles. The Kier molecular flexibility index (Phi) is 5.17. The standard InChI is InChI=1S/C14H17N3OS2/c1-9(2)20-12-6-4-3-5-10(12)17-14(18)11-8-19-13(7-15)16-11/h3-6,8-9H,7,15H2,1-2H3,(H,17,18). The highest BCUT2D eigenvalue weighted by Crippen LogP contribution is 2.30. The van der Waals surface area contributed by atoms with Crippen molar-refractivity contribution in [2.24, 2.45) is 5.73 Å². The molecule has 0 unspecified atom stereocenters. The summed E-state index contributed by atoms with van der Waals surface area (Å²) < 4.78 is 0. The molecule has 0 bridgehead atoms. The van der Waals surface area contributed by atoms with Crippen LogP contribution in [0, 0.1) is 0 Å². The van der Waals surface area contributed by atoms with Crippen LogP contribution in [0.3, 0.4) is 0 Å². The predicted octanol–water partition coefficient (Wildman–Crippen LogP) is 3.35. The van der Waals surface area contributed by atoms with Crippen LogP contribution in [-0.4, -0.2) is 16.1 Å². The average Bonchev–Trinajstić information content (AvgIpc) is 2.89. The Morgan fingerprint density at radius 1 is 1.45 bits per heavy atom. The predicted molar refractivity (Wildman–Crippen MR) is 85.4 cm³/mol. The highest BCUT2D eigenvalue weighted by Gasteiger charge is 2.13. The Bertz CT molecular complexity index is 596. The number of anilines is 1. The first-order valence-electron chi connectivity index (χ1n) is 6.31. The van der Waals surface area contributed by atoms with Gasteiger partial charge in [0.2, 0.25) is 0 Å². The topological polar surface area (TPSA) is 68.0 Å². The van der Waals surface area contributed by atoms with Gasteiger partial charge in [-0.25, -0.2) is 4.98 Å². The Balaban J connectivity index is 2.15. The number of thioether (sulfide) groups is 1. The number of hydrogen-bond donors (Lipinski definition) is 2. The van der Waals surface area contributed by atoms with Crippen molar-refractivity contribution in [1.82, 2.24) is 4.98 Å². The maximum absolute atomic E-state index is 12.2. The normalized spacial score (nSPS) is 10.8. The third-order valence-corrected chi connectivity index (χ3v) is 4.41. The van der Waals surface area contributed by atoms with Gasteiger partial charge >= 0.3 is 0 Å². The van der Waals surface area contributed by atoms with Crippen LogP contribution in [0.1, 0.15) is 29.3 Å². The van der Waals surface area contributed by atoms with Gasteiger partial charge in [0, 0.05) is 22.1 Å². The fourth-order valence-electron chi connectivity index (χ4n) is 1.62. The molecule has 1 heterocycles. The SMILES string of the molecule is CC(C)Sc1ccccc1NC(=O)c1csc(CN)n1. The highest BCUT2D eigenvalue weighted by molar-refractivity contribution is 8.00. The van der Waals surface area contributed by atoms with Crippen LogP contribution in [-0.2, 0) is 6.54 Å². The number of para-hydroxylation sites is 1.